The van der Waals surface area contributed by atoms with Crippen molar-refractivity contribution >= 4 is 5.91 Å². The first-order valence-corrected chi connectivity index (χ1v) is 10.3. The number of carbonyl (C=O) groups excluding carboxylic acids is 1. The fourth-order valence-corrected chi connectivity index (χ4v) is 7.01. The topological polar surface area (TPSA) is 46.3 Å². The Labute approximate surface area is 150 Å². The number of amides is 1. The summed E-state index contributed by atoms with van der Waals surface area (Å²) in [6, 6.07) is 2.15. The summed E-state index contributed by atoms with van der Waals surface area (Å²) in [7, 11) is 0. The molecule has 1 aromatic heterocycles. The Balaban J connectivity index is 1.34. The van der Waals surface area contributed by atoms with Crippen LogP contribution in [-0.2, 0) is 4.79 Å². The van der Waals surface area contributed by atoms with E-state index in [2.05, 4.69) is 10.1 Å². The number of aryl methyl sites for hydroxylation is 1. The van der Waals surface area contributed by atoms with Crippen molar-refractivity contribution in [1.82, 2.24) is 10.1 Å². The molecular formula is C21H30N2O2. The number of piperidine rings is 1. The molecule has 4 saturated carbocycles. The van der Waals surface area contributed by atoms with E-state index in [4.69, 9.17) is 4.52 Å². The molecule has 4 aliphatic carbocycles. The Morgan fingerprint density at radius 1 is 1.20 bits per heavy atom. The predicted molar refractivity (Wildman–Crippen MR) is 94.8 cm³/mol. The van der Waals surface area contributed by atoms with Crippen molar-refractivity contribution in [2.24, 2.45) is 23.2 Å². The molecule has 1 saturated heterocycles. The molecule has 0 N–H and O–H groups in total. The van der Waals surface area contributed by atoms with E-state index >= 15 is 0 Å². The molecule has 5 aliphatic rings. The summed E-state index contributed by atoms with van der Waals surface area (Å²) in [5.41, 5.74) is 1.28. The summed E-state index contributed by atoms with van der Waals surface area (Å²) in [5.74, 6) is 3.96. The van der Waals surface area contributed by atoms with Crippen molar-refractivity contribution < 1.29 is 9.32 Å². The molecule has 0 radical (unpaired) electrons. The fourth-order valence-electron chi connectivity index (χ4n) is 7.01. The van der Waals surface area contributed by atoms with E-state index in [0.717, 1.165) is 55.0 Å². The van der Waals surface area contributed by atoms with Gasteiger partial charge in [0.2, 0.25) is 5.91 Å². The van der Waals surface area contributed by atoms with Gasteiger partial charge in [-0.1, -0.05) is 5.16 Å². The predicted octanol–water partition coefficient (Wildman–Crippen LogP) is 4.64. The number of hydrogen-bond acceptors (Lipinski definition) is 3. The van der Waals surface area contributed by atoms with Gasteiger partial charge in [-0.2, -0.15) is 0 Å². The van der Waals surface area contributed by atoms with E-state index in [1.807, 2.05) is 13.0 Å². The lowest BCUT2D eigenvalue weighted by Crippen LogP contribution is -2.49. The molecule has 25 heavy (non-hydrogen) atoms. The summed E-state index contributed by atoms with van der Waals surface area (Å²) >= 11 is 0. The Morgan fingerprint density at radius 2 is 1.88 bits per heavy atom. The van der Waals surface area contributed by atoms with E-state index in [0.29, 0.717) is 11.3 Å². The van der Waals surface area contributed by atoms with E-state index in [9.17, 15) is 4.79 Å². The van der Waals surface area contributed by atoms with Gasteiger partial charge in [0, 0.05) is 19.0 Å². The van der Waals surface area contributed by atoms with Crippen molar-refractivity contribution in [3.63, 3.8) is 0 Å². The van der Waals surface area contributed by atoms with Gasteiger partial charge in [0.15, 0.2) is 0 Å². The van der Waals surface area contributed by atoms with Gasteiger partial charge in [0.05, 0.1) is 6.04 Å². The van der Waals surface area contributed by atoms with Crippen LogP contribution < -0.4 is 0 Å². The number of aromatic nitrogens is 1. The molecule has 0 unspecified atom stereocenters. The molecule has 6 rings (SSSR count). The molecule has 4 heteroatoms. The quantitative estimate of drug-likeness (QED) is 0.803. The first-order chi connectivity index (χ1) is 12.1. The monoisotopic (exact) mass is 342 g/mol. The normalized spacial score (nSPS) is 39.8. The lowest BCUT2D eigenvalue weighted by atomic mass is 9.49. The van der Waals surface area contributed by atoms with Crippen LogP contribution in [0, 0.1) is 30.1 Å². The Kier molecular flexibility index (Phi) is 3.72. The third kappa shape index (κ3) is 2.82. The van der Waals surface area contributed by atoms with Crippen LogP contribution in [0.4, 0.5) is 0 Å². The number of hydrogen-bond donors (Lipinski definition) is 0. The fraction of sp³-hybridized carbons (Fsp3) is 0.810. The second-order valence-electron chi connectivity index (χ2n) is 9.56. The molecular weight excluding hydrogens is 312 g/mol. The average molecular weight is 342 g/mol. The van der Waals surface area contributed by atoms with Crippen LogP contribution in [-0.4, -0.2) is 22.5 Å². The first-order valence-electron chi connectivity index (χ1n) is 10.3. The molecule has 4 bridgehead atoms. The van der Waals surface area contributed by atoms with E-state index < -0.39 is 0 Å². The maximum absolute atomic E-state index is 13.3. The van der Waals surface area contributed by atoms with Gasteiger partial charge < -0.3 is 9.42 Å². The van der Waals surface area contributed by atoms with Crippen LogP contribution in [0.3, 0.4) is 0 Å². The summed E-state index contributed by atoms with van der Waals surface area (Å²) in [4.78, 5) is 15.5. The van der Waals surface area contributed by atoms with Crippen molar-refractivity contribution in [3.05, 3.63) is 17.5 Å². The van der Waals surface area contributed by atoms with Gasteiger partial charge in [-0.15, -0.1) is 0 Å². The Hall–Kier alpha value is -1.32. The first kappa shape index (κ1) is 15.9. The highest BCUT2D eigenvalue weighted by Gasteiger charge is 2.52. The van der Waals surface area contributed by atoms with Gasteiger partial charge >= 0.3 is 0 Å². The smallest absolute Gasteiger partial charge is 0.223 e. The lowest BCUT2D eigenvalue weighted by Gasteiger charge is -2.57. The summed E-state index contributed by atoms with van der Waals surface area (Å²) in [6.07, 6.45) is 12.4. The molecule has 0 spiro atoms. The molecule has 1 amide bonds. The van der Waals surface area contributed by atoms with Crippen LogP contribution in [0.5, 0.6) is 0 Å². The van der Waals surface area contributed by atoms with Crippen LogP contribution >= 0.6 is 0 Å². The van der Waals surface area contributed by atoms with Crippen LogP contribution in [0.1, 0.15) is 81.7 Å². The van der Waals surface area contributed by atoms with Gasteiger partial charge in [-0.25, -0.2) is 0 Å². The minimum absolute atomic E-state index is 0.132. The lowest BCUT2D eigenvalue weighted by molar-refractivity contribution is -0.143. The number of nitrogens with zero attached hydrogens (tertiary/aromatic N) is 2. The summed E-state index contributed by atoms with van der Waals surface area (Å²) in [6.45, 7) is 2.82. The molecule has 4 nitrogen and oxygen atoms in total. The van der Waals surface area contributed by atoms with E-state index in [-0.39, 0.29) is 6.04 Å². The molecule has 1 aromatic rings. The molecule has 1 atom stereocenters. The molecule has 0 aromatic carbocycles. The van der Waals surface area contributed by atoms with Crippen LogP contribution in [0.25, 0.3) is 0 Å². The number of rotatable bonds is 3. The Morgan fingerprint density at radius 3 is 2.48 bits per heavy atom. The van der Waals surface area contributed by atoms with Crippen molar-refractivity contribution in [2.45, 2.75) is 77.2 Å². The SMILES string of the molecule is Cc1cc([C@@H]2CCCCN2C(=O)CC23CC4CC(CC(C4)C2)C3)no1. The summed E-state index contributed by atoms with van der Waals surface area (Å²) in [5, 5.41) is 4.23. The van der Waals surface area contributed by atoms with Crippen LogP contribution in [0.15, 0.2) is 10.6 Å². The highest BCUT2D eigenvalue weighted by molar-refractivity contribution is 5.77. The third-order valence-corrected chi connectivity index (χ3v) is 7.50. The van der Waals surface area contributed by atoms with Gasteiger partial charge in [0.25, 0.3) is 0 Å². The van der Waals surface area contributed by atoms with Crippen molar-refractivity contribution in [2.75, 3.05) is 6.54 Å². The zero-order chi connectivity index (χ0) is 17.0. The number of likely N-dealkylation sites (tertiary alicyclic amines) is 1. The zero-order valence-electron chi connectivity index (χ0n) is 15.4. The van der Waals surface area contributed by atoms with E-state index in [1.165, 1.54) is 44.9 Å². The van der Waals surface area contributed by atoms with Crippen LogP contribution in [0.2, 0.25) is 0 Å². The van der Waals surface area contributed by atoms with Gasteiger partial charge in [0.1, 0.15) is 11.5 Å². The molecule has 2 heterocycles. The van der Waals surface area contributed by atoms with Gasteiger partial charge in [-0.3, -0.25) is 4.79 Å². The molecule has 5 fully saturated rings. The van der Waals surface area contributed by atoms with Gasteiger partial charge in [-0.05, 0) is 87.9 Å². The summed E-state index contributed by atoms with van der Waals surface area (Å²) < 4.78 is 5.29. The average Bonchev–Trinajstić information content (AvgIpc) is 2.99. The van der Waals surface area contributed by atoms with Crippen molar-refractivity contribution in [3.8, 4) is 0 Å². The molecule has 1 aliphatic heterocycles. The highest BCUT2D eigenvalue weighted by atomic mass is 16.5. The van der Waals surface area contributed by atoms with Crippen molar-refractivity contribution in [1.29, 1.82) is 0 Å². The highest BCUT2D eigenvalue weighted by Crippen LogP contribution is 2.61. The zero-order valence-corrected chi connectivity index (χ0v) is 15.4. The maximum Gasteiger partial charge on any atom is 0.223 e. The number of carbonyl (C=O) groups is 1. The minimum Gasteiger partial charge on any atom is -0.361 e. The second-order valence-corrected chi connectivity index (χ2v) is 9.56. The third-order valence-electron chi connectivity index (χ3n) is 7.50. The van der Waals surface area contributed by atoms with E-state index in [1.54, 1.807) is 0 Å². The largest absolute Gasteiger partial charge is 0.361 e. The Bertz CT molecular complexity index is 629. The minimum atomic E-state index is 0.132. The second kappa shape index (κ2) is 5.85. The molecule has 136 valence electrons. The standard InChI is InChI=1S/C21H30N2O2/c1-14-6-18(22-25-14)19-4-2-3-5-23(19)20(24)13-21-10-15-7-16(11-21)9-17(8-15)12-21/h6,15-17,19H,2-5,7-13H2,1H3/t15?,16?,17?,19-,21?/m0/s1. The maximum atomic E-state index is 13.3.